The van der Waals surface area contributed by atoms with Crippen LogP contribution in [0.5, 0.6) is 0 Å². The summed E-state index contributed by atoms with van der Waals surface area (Å²) in [6, 6.07) is 8.30. The normalized spacial score (nSPS) is 23.5. The molecule has 2 heterocycles. The standard InChI is InChI=1S/C18H26N2O2.ClH/c21-18(20-10-7-14-4-3-9-19-13-14)12-17-16-6-2-1-5-15(16)8-11-22-17;/h1-2,5-6,14,17,19H,3-4,7-13H2,(H,20,21);1H. The van der Waals surface area contributed by atoms with Crippen LogP contribution in [0.25, 0.3) is 0 Å². The fourth-order valence-corrected chi connectivity index (χ4v) is 3.47. The zero-order chi connectivity index (χ0) is 15.2. The first-order valence-electron chi connectivity index (χ1n) is 8.50. The smallest absolute Gasteiger partial charge is 0.222 e. The number of rotatable bonds is 5. The Bertz CT molecular complexity index is 504. The average molecular weight is 339 g/mol. The third-order valence-electron chi connectivity index (χ3n) is 4.74. The summed E-state index contributed by atoms with van der Waals surface area (Å²) < 4.78 is 5.80. The summed E-state index contributed by atoms with van der Waals surface area (Å²) in [6.45, 7) is 3.72. The van der Waals surface area contributed by atoms with Gasteiger partial charge >= 0.3 is 0 Å². The second-order valence-electron chi connectivity index (χ2n) is 6.36. The molecule has 1 amide bonds. The highest BCUT2D eigenvalue weighted by Gasteiger charge is 2.23. The molecule has 0 spiro atoms. The summed E-state index contributed by atoms with van der Waals surface area (Å²) in [6.07, 6.45) is 4.90. The first-order valence-corrected chi connectivity index (χ1v) is 8.50. The van der Waals surface area contributed by atoms with E-state index in [4.69, 9.17) is 4.74 Å². The van der Waals surface area contributed by atoms with Gasteiger partial charge in [-0.3, -0.25) is 4.79 Å². The van der Waals surface area contributed by atoms with Gasteiger partial charge in [0, 0.05) is 6.54 Å². The minimum absolute atomic E-state index is 0. The third kappa shape index (κ3) is 5.20. The monoisotopic (exact) mass is 338 g/mol. The minimum atomic E-state index is -0.0821. The predicted octanol–water partition coefficient (Wildman–Crippen LogP) is 2.62. The maximum absolute atomic E-state index is 12.2. The van der Waals surface area contributed by atoms with Crippen LogP contribution in [0.15, 0.2) is 24.3 Å². The Labute approximate surface area is 144 Å². The average Bonchev–Trinajstić information content (AvgIpc) is 2.56. The Morgan fingerprint density at radius 3 is 3.04 bits per heavy atom. The Balaban J connectivity index is 0.00000192. The lowest BCUT2D eigenvalue weighted by molar-refractivity contribution is -0.124. The number of piperidine rings is 1. The highest BCUT2D eigenvalue weighted by atomic mass is 35.5. The molecule has 2 aliphatic heterocycles. The van der Waals surface area contributed by atoms with E-state index in [-0.39, 0.29) is 24.4 Å². The molecule has 1 fully saturated rings. The summed E-state index contributed by atoms with van der Waals surface area (Å²) in [4.78, 5) is 12.2. The molecule has 1 aromatic carbocycles. The van der Waals surface area contributed by atoms with Crippen LogP contribution in [0.2, 0.25) is 0 Å². The van der Waals surface area contributed by atoms with E-state index in [2.05, 4.69) is 28.8 Å². The maximum atomic E-state index is 12.2. The fourth-order valence-electron chi connectivity index (χ4n) is 3.47. The fraction of sp³-hybridized carbons (Fsp3) is 0.611. The number of ether oxygens (including phenoxy) is 1. The molecule has 0 saturated carbocycles. The van der Waals surface area contributed by atoms with Crippen molar-refractivity contribution >= 4 is 18.3 Å². The predicted molar refractivity (Wildman–Crippen MR) is 93.9 cm³/mol. The van der Waals surface area contributed by atoms with Crippen LogP contribution in [-0.2, 0) is 16.0 Å². The number of carbonyl (C=O) groups excluding carboxylic acids is 1. The van der Waals surface area contributed by atoms with Gasteiger partial charge in [0.25, 0.3) is 0 Å². The molecule has 1 aromatic rings. The zero-order valence-corrected chi connectivity index (χ0v) is 14.4. The van der Waals surface area contributed by atoms with E-state index in [0.717, 1.165) is 32.5 Å². The van der Waals surface area contributed by atoms with Gasteiger partial charge in [0.2, 0.25) is 5.91 Å². The van der Waals surface area contributed by atoms with Gasteiger partial charge < -0.3 is 15.4 Å². The van der Waals surface area contributed by atoms with Crippen molar-refractivity contribution in [3.8, 4) is 0 Å². The van der Waals surface area contributed by atoms with Crippen LogP contribution in [0.4, 0.5) is 0 Å². The lowest BCUT2D eigenvalue weighted by atomic mass is 9.95. The summed E-state index contributed by atoms with van der Waals surface area (Å²) in [7, 11) is 0. The van der Waals surface area contributed by atoms with Crippen LogP contribution in [0, 0.1) is 5.92 Å². The van der Waals surface area contributed by atoms with E-state index in [1.807, 2.05) is 6.07 Å². The van der Waals surface area contributed by atoms with Crippen molar-refractivity contribution in [2.75, 3.05) is 26.2 Å². The first kappa shape index (κ1) is 18.2. The van der Waals surface area contributed by atoms with Crippen molar-refractivity contribution < 1.29 is 9.53 Å². The number of hydrogen-bond acceptors (Lipinski definition) is 3. The highest BCUT2D eigenvalue weighted by Crippen LogP contribution is 2.29. The molecule has 23 heavy (non-hydrogen) atoms. The second-order valence-corrected chi connectivity index (χ2v) is 6.36. The molecule has 3 rings (SSSR count). The SMILES string of the molecule is Cl.O=C(CC1OCCc2ccccc21)NCCC1CCCNC1. The van der Waals surface area contributed by atoms with E-state index in [1.54, 1.807) is 0 Å². The van der Waals surface area contributed by atoms with E-state index in [9.17, 15) is 4.79 Å². The molecule has 1 saturated heterocycles. The third-order valence-corrected chi connectivity index (χ3v) is 4.74. The Morgan fingerprint density at radius 1 is 1.35 bits per heavy atom. The van der Waals surface area contributed by atoms with Crippen LogP contribution >= 0.6 is 12.4 Å². The van der Waals surface area contributed by atoms with Crippen LogP contribution in [0.1, 0.15) is 42.9 Å². The topological polar surface area (TPSA) is 50.4 Å². The molecule has 0 aliphatic carbocycles. The van der Waals surface area contributed by atoms with Crippen molar-refractivity contribution in [3.63, 3.8) is 0 Å². The largest absolute Gasteiger partial charge is 0.373 e. The summed E-state index contributed by atoms with van der Waals surface area (Å²) in [5, 5.41) is 6.48. The zero-order valence-electron chi connectivity index (χ0n) is 13.6. The molecule has 0 aromatic heterocycles. The molecular formula is C18H27ClN2O2. The highest BCUT2D eigenvalue weighted by molar-refractivity contribution is 5.85. The Morgan fingerprint density at radius 2 is 2.22 bits per heavy atom. The van der Waals surface area contributed by atoms with E-state index in [0.29, 0.717) is 18.9 Å². The van der Waals surface area contributed by atoms with Gasteiger partial charge in [-0.05, 0) is 55.8 Å². The van der Waals surface area contributed by atoms with Gasteiger partial charge in [-0.1, -0.05) is 24.3 Å². The van der Waals surface area contributed by atoms with Crippen molar-refractivity contribution in [1.82, 2.24) is 10.6 Å². The molecule has 2 N–H and O–H groups in total. The van der Waals surface area contributed by atoms with Gasteiger partial charge in [0.05, 0.1) is 19.1 Å². The number of halogens is 1. The molecule has 5 heteroatoms. The lowest BCUT2D eigenvalue weighted by Crippen LogP contribution is -2.33. The number of benzene rings is 1. The quantitative estimate of drug-likeness (QED) is 0.867. The van der Waals surface area contributed by atoms with Crippen molar-refractivity contribution in [2.45, 2.75) is 38.2 Å². The van der Waals surface area contributed by atoms with E-state index >= 15 is 0 Å². The number of hydrogen-bond donors (Lipinski definition) is 2. The molecule has 0 radical (unpaired) electrons. The number of nitrogens with one attached hydrogen (secondary N) is 2. The molecular weight excluding hydrogens is 312 g/mol. The van der Waals surface area contributed by atoms with Crippen LogP contribution in [0.3, 0.4) is 0 Å². The molecule has 2 unspecified atom stereocenters. The van der Waals surface area contributed by atoms with Crippen molar-refractivity contribution in [2.24, 2.45) is 5.92 Å². The second kappa shape index (κ2) is 9.26. The van der Waals surface area contributed by atoms with Gasteiger partial charge in [-0.25, -0.2) is 0 Å². The molecule has 4 nitrogen and oxygen atoms in total. The van der Waals surface area contributed by atoms with Gasteiger partial charge in [0.15, 0.2) is 0 Å². The van der Waals surface area contributed by atoms with Crippen molar-refractivity contribution in [3.05, 3.63) is 35.4 Å². The number of fused-ring (bicyclic) bond motifs is 1. The molecule has 2 atom stereocenters. The molecule has 128 valence electrons. The number of carbonyl (C=O) groups is 1. The molecule has 2 aliphatic rings. The van der Waals surface area contributed by atoms with E-state index < -0.39 is 0 Å². The summed E-state index contributed by atoms with van der Waals surface area (Å²) in [5.74, 6) is 0.811. The molecule has 0 bridgehead atoms. The van der Waals surface area contributed by atoms with Crippen LogP contribution in [-0.4, -0.2) is 32.1 Å². The Kier molecular flexibility index (Phi) is 7.34. The van der Waals surface area contributed by atoms with Crippen molar-refractivity contribution in [1.29, 1.82) is 0 Å². The minimum Gasteiger partial charge on any atom is -0.373 e. The van der Waals surface area contributed by atoms with Crippen LogP contribution < -0.4 is 10.6 Å². The first-order chi connectivity index (χ1) is 10.8. The van der Waals surface area contributed by atoms with Gasteiger partial charge in [-0.2, -0.15) is 0 Å². The Hall–Kier alpha value is -1.10. The van der Waals surface area contributed by atoms with Gasteiger partial charge in [0.1, 0.15) is 0 Å². The van der Waals surface area contributed by atoms with E-state index in [1.165, 1.54) is 24.0 Å². The maximum Gasteiger partial charge on any atom is 0.222 e. The van der Waals surface area contributed by atoms with Gasteiger partial charge in [-0.15, -0.1) is 12.4 Å². The lowest BCUT2D eigenvalue weighted by Gasteiger charge is -2.26. The summed E-state index contributed by atoms with van der Waals surface area (Å²) in [5.41, 5.74) is 2.50. The number of amides is 1. The summed E-state index contributed by atoms with van der Waals surface area (Å²) >= 11 is 0.